The van der Waals surface area contributed by atoms with Crippen LogP contribution in [0.15, 0.2) is 72.8 Å². The molecular weight excluding hydrogens is 438 g/mol. The van der Waals surface area contributed by atoms with Crippen LogP contribution in [0.3, 0.4) is 0 Å². The molecular formula is C25H24N3O4S-. The molecule has 0 radical (unpaired) electrons. The average molecular weight is 463 g/mol. The number of para-hydroxylation sites is 2. The van der Waals surface area contributed by atoms with Gasteiger partial charge in [-0.25, -0.2) is 14.1 Å². The van der Waals surface area contributed by atoms with Crippen LogP contribution in [0, 0.1) is 6.92 Å². The van der Waals surface area contributed by atoms with Crippen molar-refractivity contribution in [2.24, 2.45) is 0 Å². The van der Waals surface area contributed by atoms with Crippen molar-refractivity contribution in [2.45, 2.75) is 26.7 Å². The summed E-state index contributed by atoms with van der Waals surface area (Å²) in [6.07, 6.45) is 0.230. The van der Waals surface area contributed by atoms with Crippen molar-refractivity contribution < 1.29 is 18.3 Å². The monoisotopic (exact) mass is 462 g/mol. The van der Waals surface area contributed by atoms with Crippen molar-refractivity contribution in [3.8, 4) is 11.4 Å². The normalized spacial score (nSPS) is 12.0. The second kappa shape index (κ2) is 9.97. The van der Waals surface area contributed by atoms with E-state index in [0.29, 0.717) is 16.5 Å². The lowest BCUT2D eigenvalue weighted by molar-refractivity contribution is 0.178. The molecule has 0 aliphatic carbocycles. The molecule has 4 aromatic rings. The van der Waals surface area contributed by atoms with Gasteiger partial charge in [0.1, 0.15) is 11.6 Å². The van der Waals surface area contributed by atoms with Gasteiger partial charge in [0.15, 0.2) is 0 Å². The Hall–Kier alpha value is -3.49. The molecule has 7 nitrogen and oxygen atoms in total. The quantitative estimate of drug-likeness (QED) is 0.371. The van der Waals surface area contributed by atoms with Crippen LogP contribution in [0.5, 0.6) is 5.75 Å². The third kappa shape index (κ3) is 5.13. The van der Waals surface area contributed by atoms with Crippen LogP contribution in [0.25, 0.3) is 16.7 Å². The molecule has 0 spiro atoms. The number of rotatable bonds is 7. The van der Waals surface area contributed by atoms with Crippen molar-refractivity contribution in [2.75, 3.05) is 6.54 Å². The molecule has 1 unspecified atom stereocenters. The molecule has 8 heteroatoms. The topological polar surface area (TPSA) is 87.5 Å². The number of hydrogen-bond acceptors (Lipinski definition) is 5. The van der Waals surface area contributed by atoms with E-state index in [1.807, 2.05) is 55.5 Å². The number of fused-ring (bicyclic) bond motifs is 1. The zero-order chi connectivity index (χ0) is 23.4. The van der Waals surface area contributed by atoms with Gasteiger partial charge < -0.3 is 9.29 Å². The minimum absolute atomic E-state index is 0.0195. The molecule has 0 aliphatic heterocycles. The highest BCUT2D eigenvalue weighted by Crippen LogP contribution is 2.22. The highest BCUT2D eigenvalue weighted by molar-refractivity contribution is 7.77. The molecule has 0 fully saturated rings. The number of ether oxygens (including phenoxy) is 1. The van der Waals surface area contributed by atoms with E-state index in [1.165, 1.54) is 0 Å². The molecule has 0 saturated heterocycles. The predicted molar refractivity (Wildman–Crippen MR) is 127 cm³/mol. The van der Waals surface area contributed by atoms with Crippen LogP contribution < -0.4 is 4.74 Å². The van der Waals surface area contributed by atoms with Gasteiger partial charge in [0.2, 0.25) is 0 Å². The Kier molecular flexibility index (Phi) is 6.86. The summed E-state index contributed by atoms with van der Waals surface area (Å²) in [4.78, 5) is 17.1. The maximum atomic E-state index is 12.4. The first kappa shape index (κ1) is 22.7. The number of carbonyl (C=O) groups is 1. The van der Waals surface area contributed by atoms with Gasteiger partial charge in [-0.2, -0.15) is 0 Å². The minimum Gasteiger partial charge on any atom is -0.755 e. The summed E-state index contributed by atoms with van der Waals surface area (Å²) in [6.45, 7) is 3.96. The number of aryl methyl sites for hydroxylation is 2. The SMILES string of the molecule is CCc1nc2ccccc2n1-c1ccc(CCN(C(=O)Oc2ccc(C)cc2)S(=O)[O-])cc1. The molecule has 1 heterocycles. The Morgan fingerprint density at radius 3 is 2.42 bits per heavy atom. The second-order valence-electron chi connectivity index (χ2n) is 7.62. The molecule has 0 N–H and O–H groups in total. The van der Waals surface area contributed by atoms with Crippen LogP contribution in [0.1, 0.15) is 23.9 Å². The van der Waals surface area contributed by atoms with Crippen molar-refractivity contribution in [3.63, 3.8) is 0 Å². The molecule has 0 aliphatic rings. The number of hydrogen-bond donors (Lipinski definition) is 0. The van der Waals surface area contributed by atoms with Crippen molar-refractivity contribution >= 4 is 28.4 Å². The zero-order valence-corrected chi connectivity index (χ0v) is 19.2. The molecule has 170 valence electrons. The van der Waals surface area contributed by atoms with E-state index in [1.54, 1.807) is 24.3 Å². The smallest absolute Gasteiger partial charge is 0.426 e. The highest BCUT2D eigenvalue weighted by Gasteiger charge is 2.17. The zero-order valence-electron chi connectivity index (χ0n) is 18.4. The van der Waals surface area contributed by atoms with Gasteiger partial charge in [0.25, 0.3) is 0 Å². The molecule has 1 atom stereocenters. The van der Waals surface area contributed by atoms with Gasteiger partial charge in [-0.05, 0) is 55.3 Å². The lowest BCUT2D eigenvalue weighted by Crippen LogP contribution is -2.36. The first-order valence-corrected chi connectivity index (χ1v) is 11.7. The fourth-order valence-electron chi connectivity index (χ4n) is 3.63. The van der Waals surface area contributed by atoms with E-state index in [2.05, 4.69) is 11.5 Å². The minimum atomic E-state index is -2.74. The molecule has 0 bridgehead atoms. The van der Waals surface area contributed by atoms with Crippen molar-refractivity contribution in [1.82, 2.24) is 13.9 Å². The summed E-state index contributed by atoms with van der Waals surface area (Å²) < 4.78 is 31.3. The summed E-state index contributed by atoms with van der Waals surface area (Å²) in [5.74, 6) is 1.26. The Morgan fingerprint density at radius 1 is 1.06 bits per heavy atom. The summed E-state index contributed by atoms with van der Waals surface area (Å²) in [5.41, 5.74) is 4.87. The van der Waals surface area contributed by atoms with Crippen LogP contribution in [0.4, 0.5) is 4.79 Å². The van der Waals surface area contributed by atoms with Gasteiger partial charge >= 0.3 is 6.09 Å². The molecule has 1 aromatic heterocycles. The Labute approximate surface area is 195 Å². The van der Waals surface area contributed by atoms with Gasteiger partial charge in [0, 0.05) is 18.7 Å². The van der Waals surface area contributed by atoms with Crippen molar-refractivity contribution in [1.29, 1.82) is 0 Å². The molecule has 1 amide bonds. The molecule has 33 heavy (non-hydrogen) atoms. The number of amides is 1. The van der Waals surface area contributed by atoms with Gasteiger partial charge in [0.05, 0.1) is 22.3 Å². The maximum Gasteiger partial charge on any atom is 0.426 e. The fourth-order valence-corrected chi connectivity index (χ4v) is 4.03. The lowest BCUT2D eigenvalue weighted by atomic mass is 10.1. The van der Waals surface area contributed by atoms with Gasteiger partial charge in [-0.1, -0.05) is 48.9 Å². The van der Waals surface area contributed by atoms with E-state index in [0.717, 1.165) is 40.1 Å². The lowest BCUT2D eigenvalue weighted by Gasteiger charge is -2.23. The first-order valence-electron chi connectivity index (χ1n) is 10.7. The molecule has 4 rings (SSSR count). The highest BCUT2D eigenvalue weighted by atomic mass is 32.2. The Morgan fingerprint density at radius 2 is 1.76 bits per heavy atom. The number of benzene rings is 3. The number of carbonyl (C=O) groups excluding carboxylic acids is 1. The van der Waals surface area contributed by atoms with Gasteiger partial charge in [-0.15, -0.1) is 0 Å². The number of imidazole rings is 1. The standard InChI is InChI=1S/C25H25N3O4S/c1-3-24-26-22-6-4-5-7-23(22)28(24)20-12-10-19(11-13-20)16-17-27(33(30)31)25(29)32-21-14-8-18(2)9-15-21/h4-15H,3,16-17H2,1-2H3,(H,30,31)/p-1. The summed E-state index contributed by atoms with van der Waals surface area (Å²) in [5, 5.41) is 0. The van der Waals surface area contributed by atoms with Crippen LogP contribution in [-0.2, 0) is 24.1 Å². The summed E-state index contributed by atoms with van der Waals surface area (Å²) >= 11 is -2.74. The van der Waals surface area contributed by atoms with E-state index in [4.69, 9.17) is 9.72 Å². The predicted octanol–water partition coefficient (Wildman–Crippen LogP) is 4.73. The summed E-state index contributed by atoms with van der Waals surface area (Å²) in [6, 6.07) is 22.6. The Bertz CT molecular complexity index is 1280. The van der Waals surface area contributed by atoms with E-state index in [9.17, 15) is 13.6 Å². The Balaban J connectivity index is 1.47. The average Bonchev–Trinajstić information content (AvgIpc) is 3.19. The van der Waals surface area contributed by atoms with Crippen LogP contribution in [-0.4, -0.2) is 35.3 Å². The van der Waals surface area contributed by atoms with E-state index >= 15 is 0 Å². The third-order valence-electron chi connectivity index (χ3n) is 5.35. The first-order chi connectivity index (χ1) is 16.0. The molecule has 0 saturated carbocycles. The van der Waals surface area contributed by atoms with Crippen LogP contribution >= 0.6 is 0 Å². The van der Waals surface area contributed by atoms with Crippen molar-refractivity contribution in [3.05, 3.63) is 89.7 Å². The fraction of sp³-hybridized carbons (Fsp3) is 0.200. The van der Waals surface area contributed by atoms with Crippen LogP contribution in [0.2, 0.25) is 0 Å². The largest absolute Gasteiger partial charge is 0.755 e. The second-order valence-corrected chi connectivity index (χ2v) is 8.50. The maximum absolute atomic E-state index is 12.4. The third-order valence-corrected chi connectivity index (χ3v) is 6.05. The summed E-state index contributed by atoms with van der Waals surface area (Å²) in [7, 11) is 0. The molecule has 3 aromatic carbocycles. The van der Waals surface area contributed by atoms with E-state index < -0.39 is 17.4 Å². The van der Waals surface area contributed by atoms with Gasteiger partial charge in [-0.3, -0.25) is 8.78 Å². The number of nitrogens with zero attached hydrogens (tertiary/aromatic N) is 3. The number of aromatic nitrogens is 2. The van der Waals surface area contributed by atoms with E-state index in [-0.39, 0.29) is 6.54 Å².